The molecule has 0 bridgehead atoms. The van der Waals surface area contributed by atoms with Gasteiger partial charge in [-0.3, -0.25) is 19.3 Å². The number of hydrogen-bond acceptors (Lipinski definition) is 5. The van der Waals surface area contributed by atoms with E-state index >= 15 is 0 Å². The number of amides is 3. The van der Waals surface area contributed by atoms with Crippen LogP contribution < -0.4 is 5.32 Å². The molecule has 3 amide bonds. The number of nitrogens with zero attached hydrogens (tertiary/aromatic N) is 3. The zero-order valence-electron chi connectivity index (χ0n) is 27.2. The van der Waals surface area contributed by atoms with Crippen LogP contribution in [0.1, 0.15) is 107 Å². The number of carbonyl (C=O) groups is 3. The first-order valence-corrected chi connectivity index (χ1v) is 15.1. The standard InChI is InChI=1S/C25H44N4O3.C3H8.C2H6.CH4O/c1-19(23(31)29-17-9-7-10-18-29)13-12-16-28(6)24(32)21(25(2,3)4)26-22(30)20-14-8-11-15-27(20)5;1-3-2;2*1-2/h13,20-21H,7-12,14-18H2,1-6H3,(H,26,30);3H2,1-2H3;1-2H3;2H,1H3/b19-13+;;;. The van der Waals surface area contributed by atoms with Crippen molar-refractivity contribution in [2.24, 2.45) is 5.41 Å². The van der Waals surface area contributed by atoms with E-state index in [0.717, 1.165) is 64.4 Å². The van der Waals surface area contributed by atoms with Gasteiger partial charge in [-0.15, -0.1) is 0 Å². The van der Waals surface area contributed by atoms with Gasteiger partial charge in [-0.25, -0.2) is 0 Å². The summed E-state index contributed by atoms with van der Waals surface area (Å²) in [6, 6.07) is -0.756. The molecule has 230 valence electrons. The molecule has 8 heteroatoms. The third-order valence-corrected chi connectivity index (χ3v) is 6.74. The fourth-order valence-electron chi connectivity index (χ4n) is 4.53. The van der Waals surface area contributed by atoms with Gasteiger partial charge < -0.3 is 20.2 Å². The number of aliphatic hydroxyl groups excluding tert-OH is 1. The van der Waals surface area contributed by atoms with E-state index in [0.29, 0.717) is 13.0 Å². The van der Waals surface area contributed by atoms with Crippen molar-refractivity contribution in [1.29, 1.82) is 0 Å². The summed E-state index contributed by atoms with van der Waals surface area (Å²) in [7, 11) is 4.75. The molecule has 0 aliphatic carbocycles. The molecule has 8 nitrogen and oxygen atoms in total. The number of likely N-dealkylation sites (tertiary alicyclic amines) is 2. The fraction of sp³-hybridized carbons (Fsp3) is 0.839. The average Bonchev–Trinajstić information content (AvgIpc) is 2.93. The van der Waals surface area contributed by atoms with E-state index in [1.165, 1.54) is 12.8 Å². The Morgan fingerprint density at radius 1 is 1.00 bits per heavy atom. The van der Waals surface area contributed by atoms with E-state index in [9.17, 15) is 14.4 Å². The molecular formula is C31H62N4O4. The number of carbonyl (C=O) groups excluding carboxylic acids is 3. The van der Waals surface area contributed by atoms with Gasteiger partial charge in [-0.05, 0) is 64.5 Å². The molecule has 2 heterocycles. The SMILES string of the molecule is C/C(=C\CCN(C)C(=O)C(NC(=O)C1CCCCN1C)C(C)(C)C)C(=O)N1CCCCC1.CC.CCC.CO. The van der Waals surface area contributed by atoms with E-state index in [-0.39, 0.29) is 23.8 Å². The lowest BCUT2D eigenvalue weighted by molar-refractivity contribution is -0.140. The van der Waals surface area contributed by atoms with Crippen LogP contribution in [0.25, 0.3) is 0 Å². The first-order chi connectivity index (χ1) is 18.4. The third kappa shape index (κ3) is 14.9. The minimum absolute atomic E-state index is 0.0586. The fourth-order valence-corrected chi connectivity index (χ4v) is 4.53. The second-order valence-corrected chi connectivity index (χ2v) is 11.3. The molecule has 2 atom stereocenters. The van der Waals surface area contributed by atoms with Gasteiger partial charge in [0.1, 0.15) is 6.04 Å². The van der Waals surface area contributed by atoms with E-state index in [1.807, 2.05) is 59.6 Å². The van der Waals surface area contributed by atoms with Crippen LogP contribution in [0.2, 0.25) is 0 Å². The maximum absolute atomic E-state index is 13.2. The molecule has 2 aliphatic heterocycles. The maximum atomic E-state index is 13.2. The molecule has 2 rings (SSSR count). The molecule has 0 saturated carbocycles. The summed E-state index contributed by atoms with van der Waals surface area (Å²) >= 11 is 0. The summed E-state index contributed by atoms with van der Waals surface area (Å²) in [6.07, 6.45) is 10.1. The van der Waals surface area contributed by atoms with E-state index in [1.54, 1.807) is 11.9 Å². The van der Waals surface area contributed by atoms with Gasteiger partial charge in [0.15, 0.2) is 0 Å². The minimum Gasteiger partial charge on any atom is -0.400 e. The summed E-state index contributed by atoms with van der Waals surface area (Å²) in [5.74, 6) is -0.0374. The normalized spacial score (nSPS) is 18.6. The van der Waals surface area contributed by atoms with Crippen LogP contribution in [0.5, 0.6) is 0 Å². The Bertz CT molecular complexity index is 712. The van der Waals surface area contributed by atoms with Gasteiger partial charge in [0, 0.05) is 39.4 Å². The Morgan fingerprint density at radius 2 is 1.51 bits per heavy atom. The zero-order chi connectivity index (χ0) is 30.6. The Balaban J connectivity index is 0. The Labute approximate surface area is 240 Å². The summed E-state index contributed by atoms with van der Waals surface area (Å²) in [4.78, 5) is 44.5. The number of hydrogen-bond donors (Lipinski definition) is 2. The van der Waals surface area contributed by atoms with Gasteiger partial charge >= 0.3 is 0 Å². The molecule has 0 aromatic heterocycles. The summed E-state index contributed by atoms with van der Waals surface area (Å²) in [5.41, 5.74) is 0.346. The second-order valence-electron chi connectivity index (χ2n) is 11.3. The molecule has 0 spiro atoms. The van der Waals surface area contributed by atoms with Gasteiger partial charge in [0.25, 0.3) is 0 Å². The van der Waals surface area contributed by atoms with Crippen LogP contribution in [-0.2, 0) is 14.4 Å². The lowest BCUT2D eigenvalue weighted by Crippen LogP contribution is -2.58. The molecule has 2 aliphatic rings. The second kappa shape index (κ2) is 21.8. The smallest absolute Gasteiger partial charge is 0.249 e. The molecule has 0 aromatic carbocycles. The van der Waals surface area contributed by atoms with Crippen molar-refractivity contribution in [2.45, 2.75) is 119 Å². The first-order valence-electron chi connectivity index (χ1n) is 15.1. The van der Waals surface area contributed by atoms with Crippen molar-refractivity contribution in [3.05, 3.63) is 11.6 Å². The highest BCUT2D eigenvalue weighted by Gasteiger charge is 2.37. The highest BCUT2D eigenvalue weighted by molar-refractivity contribution is 5.93. The van der Waals surface area contributed by atoms with Crippen LogP contribution in [0, 0.1) is 5.41 Å². The van der Waals surface area contributed by atoms with Crippen LogP contribution >= 0.6 is 0 Å². The number of likely N-dealkylation sites (N-methyl/N-ethyl adjacent to an activating group) is 2. The Morgan fingerprint density at radius 3 is 2.00 bits per heavy atom. The topological polar surface area (TPSA) is 93.2 Å². The molecule has 2 unspecified atom stereocenters. The molecular weight excluding hydrogens is 492 g/mol. The maximum Gasteiger partial charge on any atom is 0.249 e. The number of aliphatic hydroxyl groups is 1. The van der Waals surface area contributed by atoms with Crippen molar-refractivity contribution in [2.75, 3.05) is 47.4 Å². The predicted molar refractivity (Wildman–Crippen MR) is 164 cm³/mol. The molecule has 2 fully saturated rings. The molecule has 2 N–H and O–H groups in total. The first kappa shape index (κ1) is 39.2. The molecule has 2 saturated heterocycles. The molecule has 0 radical (unpaired) electrons. The van der Waals surface area contributed by atoms with Crippen LogP contribution in [-0.4, -0.2) is 97.0 Å². The van der Waals surface area contributed by atoms with Gasteiger partial charge in [0.2, 0.25) is 17.7 Å². The van der Waals surface area contributed by atoms with Gasteiger partial charge in [0.05, 0.1) is 6.04 Å². The van der Waals surface area contributed by atoms with Crippen molar-refractivity contribution >= 4 is 17.7 Å². The average molecular weight is 555 g/mol. The third-order valence-electron chi connectivity index (χ3n) is 6.74. The van der Waals surface area contributed by atoms with Gasteiger partial charge in [-0.1, -0.05) is 67.4 Å². The van der Waals surface area contributed by atoms with Gasteiger partial charge in [-0.2, -0.15) is 0 Å². The van der Waals surface area contributed by atoms with Crippen LogP contribution in [0.3, 0.4) is 0 Å². The predicted octanol–water partition coefficient (Wildman–Crippen LogP) is 4.86. The lowest BCUT2D eigenvalue weighted by atomic mass is 9.85. The highest BCUT2D eigenvalue weighted by Crippen LogP contribution is 2.23. The quantitative estimate of drug-likeness (QED) is 0.439. The van der Waals surface area contributed by atoms with Crippen molar-refractivity contribution < 1.29 is 19.5 Å². The van der Waals surface area contributed by atoms with Crippen molar-refractivity contribution in [3.8, 4) is 0 Å². The van der Waals surface area contributed by atoms with Crippen LogP contribution in [0.15, 0.2) is 11.6 Å². The Hall–Kier alpha value is -1.93. The van der Waals surface area contributed by atoms with E-state index < -0.39 is 11.5 Å². The minimum atomic E-state index is -0.588. The summed E-state index contributed by atoms with van der Waals surface area (Å²) in [5, 5.41) is 10.1. The summed E-state index contributed by atoms with van der Waals surface area (Å²) < 4.78 is 0. The lowest BCUT2D eigenvalue weighted by Gasteiger charge is -2.37. The molecule has 39 heavy (non-hydrogen) atoms. The van der Waals surface area contributed by atoms with Crippen molar-refractivity contribution in [3.63, 3.8) is 0 Å². The largest absolute Gasteiger partial charge is 0.400 e. The number of rotatable bonds is 7. The zero-order valence-corrected chi connectivity index (χ0v) is 27.2. The Kier molecular flexibility index (Phi) is 22.0. The summed E-state index contributed by atoms with van der Waals surface area (Å²) in [6.45, 7) is 19.2. The van der Waals surface area contributed by atoms with Crippen LogP contribution in [0.4, 0.5) is 0 Å². The number of piperidine rings is 2. The van der Waals surface area contributed by atoms with Crippen molar-refractivity contribution in [1.82, 2.24) is 20.0 Å². The highest BCUT2D eigenvalue weighted by atomic mass is 16.2. The monoisotopic (exact) mass is 554 g/mol. The van der Waals surface area contributed by atoms with E-state index in [4.69, 9.17) is 5.11 Å². The number of nitrogens with one attached hydrogen (secondary N) is 1. The molecule has 0 aromatic rings. The van der Waals surface area contributed by atoms with E-state index in [2.05, 4.69) is 24.1 Å².